The Morgan fingerprint density at radius 3 is 1.03 bits per heavy atom. The topological polar surface area (TPSA) is 9.23 Å². The maximum absolute atomic E-state index is 5.60. The Balaban J connectivity index is 4.52. The van der Waals surface area contributed by atoms with Crippen LogP contribution in [0.15, 0.2) is 0 Å². The van der Waals surface area contributed by atoms with Crippen molar-refractivity contribution in [1.29, 1.82) is 0 Å². The lowest BCUT2D eigenvalue weighted by atomic mass is 10.1. The van der Waals surface area contributed by atoms with Gasteiger partial charge in [0.15, 0.2) is 0 Å². The van der Waals surface area contributed by atoms with Crippen LogP contribution < -0.4 is 0 Å². The second kappa shape index (κ2) is 23.1. The van der Waals surface area contributed by atoms with Crippen LogP contribution in [0, 0.1) is 0 Å². The van der Waals surface area contributed by atoms with Crippen LogP contribution in [0.1, 0.15) is 136 Å². The molecule has 0 unspecified atom stereocenters. The molecule has 0 rings (SSSR count). The molecule has 0 radical (unpaired) electrons. The summed E-state index contributed by atoms with van der Waals surface area (Å²) in [6.07, 6.45) is 32.1. The van der Waals surface area contributed by atoms with Gasteiger partial charge in [0, 0.05) is 14.4 Å². The molecule has 0 amide bonds. The largest absolute Gasteiger partial charge is 0.381 e. The van der Waals surface area contributed by atoms with E-state index in [9.17, 15) is 0 Å². The first-order chi connectivity index (χ1) is 14.2. The molecule has 0 bridgehead atoms. The van der Waals surface area contributed by atoms with Crippen molar-refractivity contribution in [3.63, 3.8) is 0 Å². The first-order valence-corrected chi connectivity index (χ1v) is 16.1. The van der Waals surface area contributed by atoms with Crippen molar-refractivity contribution >= 4 is 7.26 Å². The smallest absolute Gasteiger partial charge is 0.0828 e. The summed E-state index contributed by atoms with van der Waals surface area (Å²) in [5, 5.41) is 0. The second-order valence-corrected chi connectivity index (χ2v) is 14.0. The van der Waals surface area contributed by atoms with E-state index < -0.39 is 7.26 Å². The summed E-state index contributed by atoms with van der Waals surface area (Å²) in [6.45, 7) is 7.97. The molecule has 2 heteroatoms. The molecule has 0 atom stereocenters. The summed E-state index contributed by atoms with van der Waals surface area (Å²) in [5.74, 6) is 0. The molecular formula is C27H58OP+. The minimum atomic E-state index is -0.804. The first-order valence-electron chi connectivity index (χ1n) is 13.6. The highest BCUT2D eigenvalue weighted by atomic mass is 31.2. The molecule has 1 nitrogen and oxygen atoms in total. The van der Waals surface area contributed by atoms with E-state index in [4.69, 9.17) is 4.74 Å². The standard InChI is InChI=1S/C27H58OP/c1-5-8-11-14-17-20-24-29(27-23-28-4,25-21-18-15-12-9-6-2)26-22-19-16-13-10-7-3/h5-27H2,1-4H3/q+1. The van der Waals surface area contributed by atoms with Crippen LogP contribution in [0.5, 0.6) is 0 Å². The lowest BCUT2D eigenvalue weighted by molar-refractivity contribution is 0.217. The Bertz CT molecular complexity index is 264. The van der Waals surface area contributed by atoms with Gasteiger partial charge in [-0.1, -0.05) is 97.8 Å². The molecule has 29 heavy (non-hydrogen) atoms. The van der Waals surface area contributed by atoms with Crippen LogP contribution >= 0.6 is 7.26 Å². The maximum Gasteiger partial charge on any atom is 0.0828 e. The van der Waals surface area contributed by atoms with Crippen LogP contribution in [0.2, 0.25) is 0 Å². The SMILES string of the molecule is CCCCCCCC[P+](CCCCCCCC)(CCCCCCCC)CCOC. The Labute approximate surface area is 186 Å². The minimum absolute atomic E-state index is 0.804. The maximum atomic E-state index is 5.60. The highest BCUT2D eigenvalue weighted by molar-refractivity contribution is 7.75. The fraction of sp³-hybridized carbons (Fsp3) is 1.00. The molecule has 0 aliphatic carbocycles. The van der Waals surface area contributed by atoms with E-state index in [2.05, 4.69) is 20.8 Å². The fourth-order valence-corrected chi connectivity index (χ4v) is 9.23. The molecule has 0 N–H and O–H groups in total. The van der Waals surface area contributed by atoms with Gasteiger partial charge in [-0.05, 0) is 38.5 Å². The molecule has 0 aromatic rings. The van der Waals surface area contributed by atoms with Crippen LogP contribution in [-0.4, -0.2) is 38.4 Å². The van der Waals surface area contributed by atoms with Gasteiger partial charge in [-0.3, -0.25) is 0 Å². The number of methoxy groups -OCH3 is 1. The zero-order valence-electron chi connectivity index (χ0n) is 21.1. The lowest BCUT2D eigenvalue weighted by Gasteiger charge is -2.28. The molecule has 0 aliphatic heterocycles. The van der Waals surface area contributed by atoms with E-state index in [0.29, 0.717) is 0 Å². The number of unbranched alkanes of at least 4 members (excludes halogenated alkanes) is 15. The van der Waals surface area contributed by atoms with Gasteiger partial charge < -0.3 is 4.74 Å². The van der Waals surface area contributed by atoms with Gasteiger partial charge in [0.25, 0.3) is 0 Å². The Morgan fingerprint density at radius 1 is 0.414 bits per heavy atom. The number of hydrogen-bond donors (Lipinski definition) is 0. The van der Waals surface area contributed by atoms with Gasteiger partial charge in [-0.2, -0.15) is 0 Å². The van der Waals surface area contributed by atoms with Crippen molar-refractivity contribution in [2.75, 3.05) is 38.4 Å². The van der Waals surface area contributed by atoms with Gasteiger partial charge >= 0.3 is 0 Å². The van der Waals surface area contributed by atoms with Crippen LogP contribution in [0.25, 0.3) is 0 Å². The molecule has 0 saturated heterocycles. The third-order valence-electron chi connectivity index (χ3n) is 6.73. The monoisotopic (exact) mass is 429 g/mol. The van der Waals surface area contributed by atoms with E-state index in [1.165, 1.54) is 122 Å². The van der Waals surface area contributed by atoms with Gasteiger partial charge in [0.2, 0.25) is 0 Å². The fourth-order valence-electron chi connectivity index (χ4n) is 4.64. The average molecular weight is 430 g/mol. The molecule has 0 aliphatic rings. The minimum Gasteiger partial charge on any atom is -0.381 e. The van der Waals surface area contributed by atoms with E-state index in [1.807, 2.05) is 7.11 Å². The Morgan fingerprint density at radius 2 is 0.724 bits per heavy atom. The van der Waals surface area contributed by atoms with Gasteiger partial charge in [0.05, 0.1) is 31.3 Å². The molecule has 0 saturated carbocycles. The van der Waals surface area contributed by atoms with Crippen LogP contribution in [0.3, 0.4) is 0 Å². The average Bonchev–Trinajstić information content (AvgIpc) is 2.74. The van der Waals surface area contributed by atoms with Crippen molar-refractivity contribution in [2.24, 2.45) is 0 Å². The lowest BCUT2D eigenvalue weighted by Crippen LogP contribution is -2.16. The second-order valence-electron chi connectivity index (χ2n) is 9.53. The quantitative estimate of drug-likeness (QED) is 0.110. The summed E-state index contributed by atoms with van der Waals surface area (Å²) in [4.78, 5) is 0. The van der Waals surface area contributed by atoms with Crippen molar-refractivity contribution in [3.05, 3.63) is 0 Å². The normalized spacial score (nSPS) is 12.0. The highest BCUT2D eigenvalue weighted by Gasteiger charge is 2.35. The Kier molecular flexibility index (Phi) is 23.4. The third kappa shape index (κ3) is 18.8. The summed E-state index contributed by atoms with van der Waals surface area (Å²) in [5.41, 5.74) is 0. The number of rotatable bonds is 24. The van der Waals surface area contributed by atoms with Crippen LogP contribution in [0.4, 0.5) is 0 Å². The molecular weight excluding hydrogens is 371 g/mol. The third-order valence-corrected chi connectivity index (χ3v) is 11.7. The van der Waals surface area contributed by atoms with Crippen molar-refractivity contribution in [1.82, 2.24) is 0 Å². The van der Waals surface area contributed by atoms with Crippen molar-refractivity contribution in [3.8, 4) is 0 Å². The van der Waals surface area contributed by atoms with Crippen LogP contribution in [-0.2, 0) is 4.74 Å². The predicted octanol–water partition coefficient (Wildman–Crippen LogP) is 9.73. The summed E-state index contributed by atoms with van der Waals surface area (Å²) >= 11 is 0. The van der Waals surface area contributed by atoms with Crippen molar-refractivity contribution in [2.45, 2.75) is 136 Å². The molecule has 0 aromatic carbocycles. The molecule has 176 valence electrons. The van der Waals surface area contributed by atoms with E-state index in [1.54, 1.807) is 18.5 Å². The zero-order valence-corrected chi connectivity index (χ0v) is 22.0. The van der Waals surface area contributed by atoms with E-state index >= 15 is 0 Å². The summed E-state index contributed by atoms with van der Waals surface area (Å²) < 4.78 is 5.60. The zero-order chi connectivity index (χ0) is 21.5. The summed E-state index contributed by atoms with van der Waals surface area (Å²) in [6, 6.07) is 0. The molecule has 0 fully saturated rings. The van der Waals surface area contributed by atoms with E-state index in [-0.39, 0.29) is 0 Å². The van der Waals surface area contributed by atoms with Gasteiger partial charge in [-0.15, -0.1) is 0 Å². The highest BCUT2D eigenvalue weighted by Crippen LogP contribution is 2.60. The molecule has 0 heterocycles. The molecule has 0 aromatic heterocycles. The van der Waals surface area contributed by atoms with Gasteiger partial charge in [-0.25, -0.2) is 0 Å². The molecule has 0 spiro atoms. The first kappa shape index (κ1) is 29.4. The summed E-state index contributed by atoms with van der Waals surface area (Å²) in [7, 11) is 1.11. The Hall–Kier alpha value is 0.390. The number of hydrogen-bond acceptors (Lipinski definition) is 1. The van der Waals surface area contributed by atoms with Crippen molar-refractivity contribution < 1.29 is 4.74 Å². The number of ether oxygens (including phenoxy) is 1. The van der Waals surface area contributed by atoms with E-state index in [0.717, 1.165) is 6.61 Å². The van der Waals surface area contributed by atoms with Gasteiger partial charge in [0.1, 0.15) is 0 Å². The predicted molar refractivity (Wildman–Crippen MR) is 138 cm³/mol.